The number of rotatable bonds is 5. The monoisotopic (exact) mass is 346 g/mol. The molecule has 1 aromatic carbocycles. The normalized spacial score (nSPS) is 16.6. The average Bonchev–Trinajstić information content (AvgIpc) is 3.31. The Labute approximate surface area is 132 Å². The molecule has 1 fully saturated rings. The Morgan fingerprint density at radius 2 is 1.95 bits per heavy atom. The molecule has 0 radical (unpaired) electrons. The van der Waals surface area contributed by atoms with Crippen molar-refractivity contribution >= 4 is 21.9 Å². The molecular weight excluding hydrogens is 332 g/mol. The summed E-state index contributed by atoms with van der Waals surface area (Å²) in [6.45, 7) is 1.96. The second kappa shape index (κ2) is 6.28. The lowest BCUT2D eigenvalue weighted by Gasteiger charge is -2.33. The fourth-order valence-electron chi connectivity index (χ4n) is 2.79. The van der Waals surface area contributed by atoms with Crippen LogP contribution in [0.2, 0.25) is 0 Å². The fraction of sp³-hybridized carbons (Fsp3) is 0.438. The molecule has 0 heterocycles. The molecule has 0 unspecified atom stereocenters. The highest BCUT2D eigenvalue weighted by atomic mass is 79.9. The van der Waals surface area contributed by atoms with Gasteiger partial charge in [0, 0.05) is 4.47 Å². The number of carbonyl (C=O) groups excluding carboxylic acids is 1. The van der Waals surface area contributed by atoms with Crippen molar-refractivity contribution in [2.24, 2.45) is 11.8 Å². The number of esters is 1. The molecule has 1 atom stereocenters. The molecule has 0 aromatic heterocycles. The van der Waals surface area contributed by atoms with Gasteiger partial charge in [-0.2, -0.15) is 10.5 Å². The minimum Gasteiger partial charge on any atom is -0.465 e. The van der Waals surface area contributed by atoms with Crippen LogP contribution < -0.4 is 0 Å². The number of benzene rings is 1. The van der Waals surface area contributed by atoms with Gasteiger partial charge in [-0.05, 0) is 43.4 Å². The maximum absolute atomic E-state index is 12.7. The van der Waals surface area contributed by atoms with Crippen molar-refractivity contribution < 1.29 is 9.53 Å². The standard InChI is InChI=1S/C16H15BrN2O2/c1-2-21-15(20)16(11-3-4-11,13(9-18)10-19)12-5-7-14(17)8-6-12/h5-8,11,13H,2-4H2,1H3/t16-/m0/s1. The number of carbonyl (C=O) groups is 1. The Balaban J connectivity index is 2.61. The molecule has 0 N–H and O–H groups in total. The molecule has 4 nitrogen and oxygen atoms in total. The third kappa shape index (κ3) is 2.66. The van der Waals surface area contributed by atoms with Gasteiger partial charge in [0.2, 0.25) is 0 Å². The molecule has 108 valence electrons. The number of ether oxygens (including phenoxy) is 1. The molecule has 21 heavy (non-hydrogen) atoms. The zero-order chi connectivity index (χ0) is 15.5. The van der Waals surface area contributed by atoms with Crippen molar-refractivity contribution in [3.8, 4) is 12.1 Å². The fourth-order valence-corrected chi connectivity index (χ4v) is 3.05. The van der Waals surface area contributed by atoms with E-state index in [2.05, 4.69) is 15.9 Å². The first kappa shape index (κ1) is 15.5. The molecule has 0 aliphatic heterocycles. The second-order valence-electron chi connectivity index (χ2n) is 5.06. The van der Waals surface area contributed by atoms with Crippen molar-refractivity contribution in [1.29, 1.82) is 10.5 Å². The van der Waals surface area contributed by atoms with Crippen LogP contribution in [0.3, 0.4) is 0 Å². The number of hydrogen-bond donors (Lipinski definition) is 0. The summed E-state index contributed by atoms with van der Waals surface area (Å²) in [6, 6.07) is 11.2. The van der Waals surface area contributed by atoms with Crippen molar-refractivity contribution in [1.82, 2.24) is 0 Å². The van der Waals surface area contributed by atoms with E-state index in [1.807, 2.05) is 24.3 Å². The Kier molecular flexibility index (Phi) is 4.65. The first-order valence-electron chi connectivity index (χ1n) is 6.83. The van der Waals surface area contributed by atoms with Gasteiger partial charge < -0.3 is 4.74 Å². The number of nitrogens with zero attached hydrogens (tertiary/aromatic N) is 2. The van der Waals surface area contributed by atoms with Crippen molar-refractivity contribution in [2.45, 2.75) is 25.2 Å². The zero-order valence-corrected chi connectivity index (χ0v) is 13.3. The lowest BCUT2D eigenvalue weighted by molar-refractivity contribution is -0.152. The van der Waals surface area contributed by atoms with Gasteiger partial charge in [0.15, 0.2) is 5.92 Å². The van der Waals surface area contributed by atoms with E-state index in [1.54, 1.807) is 19.1 Å². The van der Waals surface area contributed by atoms with Gasteiger partial charge >= 0.3 is 5.97 Å². The first-order chi connectivity index (χ1) is 10.1. The van der Waals surface area contributed by atoms with Crippen LogP contribution in [0.25, 0.3) is 0 Å². The van der Waals surface area contributed by atoms with E-state index in [1.165, 1.54) is 0 Å². The molecule has 5 heteroatoms. The second-order valence-corrected chi connectivity index (χ2v) is 5.98. The molecule has 1 aliphatic carbocycles. The number of halogens is 1. The first-order valence-corrected chi connectivity index (χ1v) is 7.63. The summed E-state index contributed by atoms with van der Waals surface area (Å²) in [5.74, 6) is -1.53. The van der Waals surface area contributed by atoms with Crippen LogP contribution >= 0.6 is 15.9 Å². The highest BCUT2D eigenvalue weighted by molar-refractivity contribution is 9.10. The summed E-state index contributed by atoms with van der Waals surface area (Å²) < 4.78 is 6.10. The molecule has 1 saturated carbocycles. The van der Waals surface area contributed by atoms with E-state index in [-0.39, 0.29) is 12.5 Å². The van der Waals surface area contributed by atoms with E-state index >= 15 is 0 Å². The van der Waals surface area contributed by atoms with Crippen molar-refractivity contribution in [3.63, 3.8) is 0 Å². The van der Waals surface area contributed by atoms with E-state index < -0.39 is 17.3 Å². The van der Waals surface area contributed by atoms with Crippen LogP contribution in [-0.4, -0.2) is 12.6 Å². The van der Waals surface area contributed by atoms with E-state index in [0.717, 1.165) is 17.3 Å². The molecule has 0 bridgehead atoms. The molecular formula is C16H15BrN2O2. The summed E-state index contributed by atoms with van der Waals surface area (Å²) in [5, 5.41) is 18.8. The minimum atomic E-state index is -1.18. The third-order valence-electron chi connectivity index (χ3n) is 3.87. The van der Waals surface area contributed by atoms with Gasteiger partial charge in [-0.3, -0.25) is 4.79 Å². The number of hydrogen-bond acceptors (Lipinski definition) is 4. The maximum atomic E-state index is 12.7. The minimum absolute atomic E-state index is 0.0120. The maximum Gasteiger partial charge on any atom is 0.319 e. The molecule has 0 spiro atoms. The summed E-state index contributed by atoms with van der Waals surface area (Å²) in [4.78, 5) is 12.7. The highest BCUT2D eigenvalue weighted by Gasteiger charge is 2.58. The Morgan fingerprint density at radius 3 is 2.38 bits per heavy atom. The van der Waals surface area contributed by atoms with Crippen LogP contribution in [0.15, 0.2) is 28.7 Å². The Bertz CT molecular complexity index is 597. The van der Waals surface area contributed by atoms with Crippen molar-refractivity contribution in [2.75, 3.05) is 6.61 Å². The Hall–Kier alpha value is -1.85. The number of nitriles is 2. The van der Waals surface area contributed by atoms with Gasteiger partial charge in [-0.1, -0.05) is 28.1 Å². The van der Waals surface area contributed by atoms with Crippen LogP contribution in [0.4, 0.5) is 0 Å². The smallest absolute Gasteiger partial charge is 0.319 e. The van der Waals surface area contributed by atoms with Gasteiger partial charge in [0.1, 0.15) is 5.41 Å². The Morgan fingerprint density at radius 1 is 1.38 bits per heavy atom. The van der Waals surface area contributed by atoms with Crippen LogP contribution in [0, 0.1) is 34.5 Å². The zero-order valence-electron chi connectivity index (χ0n) is 11.7. The van der Waals surface area contributed by atoms with E-state index in [0.29, 0.717) is 5.56 Å². The largest absolute Gasteiger partial charge is 0.465 e. The molecule has 0 amide bonds. The summed E-state index contributed by atoms with van der Waals surface area (Å²) in [7, 11) is 0. The summed E-state index contributed by atoms with van der Waals surface area (Å²) >= 11 is 3.36. The third-order valence-corrected chi connectivity index (χ3v) is 4.40. The lowest BCUT2D eigenvalue weighted by atomic mass is 9.67. The SMILES string of the molecule is CCOC(=O)[C@@](c1ccc(Br)cc1)(C(C#N)C#N)C1CC1. The predicted octanol–water partition coefficient (Wildman–Crippen LogP) is 3.32. The van der Waals surface area contributed by atoms with Gasteiger partial charge in [-0.25, -0.2) is 0 Å². The predicted molar refractivity (Wildman–Crippen MR) is 79.9 cm³/mol. The molecule has 1 aromatic rings. The molecule has 0 saturated heterocycles. The average molecular weight is 347 g/mol. The highest BCUT2D eigenvalue weighted by Crippen LogP contribution is 2.52. The van der Waals surface area contributed by atoms with Gasteiger partial charge in [0.25, 0.3) is 0 Å². The summed E-state index contributed by atoms with van der Waals surface area (Å²) in [6.07, 6.45) is 1.66. The van der Waals surface area contributed by atoms with E-state index in [4.69, 9.17) is 4.74 Å². The van der Waals surface area contributed by atoms with Crippen molar-refractivity contribution in [3.05, 3.63) is 34.3 Å². The lowest BCUT2D eigenvalue weighted by Crippen LogP contribution is -2.45. The van der Waals surface area contributed by atoms with Crippen LogP contribution in [0.5, 0.6) is 0 Å². The topological polar surface area (TPSA) is 73.9 Å². The molecule has 1 aliphatic rings. The van der Waals surface area contributed by atoms with E-state index in [9.17, 15) is 15.3 Å². The van der Waals surface area contributed by atoms with Gasteiger partial charge in [0.05, 0.1) is 18.7 Å². The quantitative estimate of drug-likeness (QED) is 0.766. The van der Waals surface area contributed by atoms with Crippen LogP contribution in [0.1, 0.15) is 25.3 Å². The summed E-state index contributed by atoms with van der Waals surface area (Å²) in [5.41, 5.74) is -0.500. The van der Waals surface area contributed by atoms with Crippen LogP contribution in [-0.2, 0) is 14.9 Å². The molecule has 2 rings (SSSR count). The van der Waals surface area contributed by atoms with Gasteiger partial charge in [-0.15, -0.1) is 0 Å².